The predicted octanol–water partition coefficient (Wildman–Crippen LogP) is 3.78. The maximum Gasteiger partial charge on any atom is 0.242 e. The number of hydrogen-bond acceptors (Lipinski definition) is 4. The van der Waals surface area contributed by atoms with Crippen LogP contribution < -0.4 is 14.9 Å². The summed E-state index contributed by atoms with van der Waals surface area (Å²) in [5, 5.41) is 3.20. The van der Waals surface area contributed by atoms with E-state index < -0.39 is 22.0 Å². The number of carbonyl (C=O) groups excluding carboxylic acids is 2. The van der Waals surface area contributed by atoms with E-state index in [1.807, 2.05) is 30.3 Å². The number of nitrogens with zero attached hydrogens (tertiary/aromatic N) is 1. The summed E-state index contributed by atoms with van der Waals surface area (Å²) in [4.78, 5) is 26.6. The van der Waals surface area contributed by atoms with Gasteiger partial charge in [-0.05, 0) is 60.4 Å². The number of carbonyl (C=O) groups is 2. The van der Waals surface area contributed by atoms with Gasteiger partial charge in [0.1, 0.15) is 6.04 Å². The van der Waals surface area contributed by atoms with E-state index in [0.717, 1.165) is 11.1 Å². The Bertz CT molecular complexity index is 1330. The van der Waals surface area contributed by atoms with Crippen LogP contribution in [0.15, 0.2) is 77.7 Å². The van der Waals surface area contributed by atoms with Gasteiger partial charge in [0.15, 0.2) is 0 Å². The van der Waals surface area contributed by atoms with Crippen LogP contribution in [0.2, 0.25) is 5.02 Å². The Morgan fingerprint density at radius 2 is 1.79 bits per heavy atom. The first-order valence-corrected chi connectivity index (χ1v) is 12.6. The Hall–Kier alpha value is -3.20. The molecule has 4 rings (SSSR count). The van der Waals surface area contributed by atoms with Crippen LogP contribution in [0, 0.1) is 0 Å². The van der Waals surface area contributed by atoms with Crippen LogP contribution in [-0.2, 0) is 32.5 Å². The average molecular weight is 498 g/mol. The molecule has 2 amide bonds. The summed E-state index contributed by atoms with van der Waals surface area (Å²) in [7, 11) is -4.02. The largest absolute Gasteiger partial charge is 0.325 e. The Labute approximate surface area is 203 Å². The lowest BCUT2D eigenvalue weighted by atomic mass is 10.1. The van der Waals surface area contributed by atoms with Gasteiger partial charge in [0.25, 0.3) is 0 Å². The van der Waals surface area contributed by atoms with Gasteiger partial charge < -0.3 is 10.2 Å². The van der Waals surface area contributed by atoms with E-state index in [2.05, 4.69) is 10.0 Å². The lowest BCUT2D eigenvalue weighted by Crippen LogP contribution is -2.45. The van der Waals surface area contributed by atoms with Crippen LogP contribution in [0.25, 0.3) is 0 Å². The smallest absolute Gasteiger partial charge is 0.242 e. The van der Waals surface area contributed by atoms with Crippen molar-refractivity contribution in [2.24, 2.45) is 0 Å². The molecule has 7 nitrogen and oxygen atoms in total. The second-order valence-corrected chi connectivity index (χ2v) is 10.2. The van der Waals surface area contributed by atoms with Gasteiger partial charge in [0.05, 0.1) is 4.90 Å². The Kier molecular flexibility index (Phi) is 7.02. The van der Waals surface area contributed by atoms with E-state index in [9.17, 15) is 18.0 Å². The molecule has 0 saturated carbocycles. The van der Waals surface area contributed by atoms with Crippen molar-refractivity contribution in [3.8, 4) is 0 Å². The van der Waals surface area contributed by atoms with Gasteiger partial charge in [-0.1, -0.05) is 48.0 Å². The van der Waals surface area contributed by atoms with Crippen molar-refractivity contribution in [2.45, 2.75) is 30.7 Å². The molecule has 0 fully saturated rings. The fourth-order valence-electron chi connectivity index (χ4n) is 3.96. The minimum atomic E-state index is -4.02. The molecule has 0 radical (unpaired) electrons. The third-order valence-electron chi connectivity index (χ3n) is 5.63. The fourth-order valence-corrected chi connectivity index (χ4v) is 5.40. The maximum atomic E-state index is 13.3. The van der Waals surface area contributed by atoms with Crippen LogP contribution in [0.3, 0.4) is 0 Å². The molecule has 176 valence electrons. The molecule has 0 spiro atoms. The average Bonchev–Trinajstić information content (AvgIpc) is 3.23. The molecule has 0 aromatic heterocycles. The van der Waals surface area contributed by atoms with Crippen molar-refractivity contribution in [2.75, 3.05) is 16.8 Å². The first kappa shape index (κ1) is 23.9. The Morgan fingerprint density at radius 1 is 1.03 bits per heavy atom. The number of anilines is 2. The monoisotopic (exact) mass is 497 g/mol. The highest BCUT2D eigenvalue weighted by Gasteiger charge is 2.29. The number of nitrogens with one attached hydrogen (secondary N) is 2. The van der Waals surface area contributed by atoms with Crippen molar-refractivity contribution in [3.63, 3.8) is 0 Å². The van der Waals surface area contributed by atoms with Gasteiger partial charge >= 0.3 is 0 Å². The molecule has 0 saturated heterocycles. The third kappa shape index (κ3) is 5.47. The SMILES string of the molecule is CC(=O)N1CCc2cc(S(=O)(=O)N[C@@H](Cc3ccccc3)C(=O)Nc3cccc(Cl)c3)ccc21. The number of amides is 2. The topological polar surface area (TPSA) is 95.6 Å². The molecule has 1 heterocycles. The Balaban J connectivity index is 1.60. The van der Waals surface area contributed by atoms with Gasteiger partial charge in [0, 0.05) is 29.9 Å². The van der Waals surface area contributed by atoms with Crippen LogP contribution in [0.4, 0.5) is 11.4 Å². The standard InChI is InChI=1S/C25H24ClN3O4S/c1-17(30)29-13-12-19-15-22(10-11-24(19)29)34(32,33)28-23(14-18-6-3-2-4-7-18)25(31)27-21-9-5-8-20(26)16-21/h2-11,15-16,23,28H,12-14H2,1H3,(H,27,31)/t23-/m0/s1. The molecular formula is C25H24ClN3O4S. The van der Waals surface area contributed by atoms with E-state index in [4.69, 9.17) is 11.6 Å². The van der Waals surface area contributed by atoms with E-state index in [0.29, 0.717) is 29.4 Å². The van der Waals surface area contributed by atoms with Gasteiger partial charge in [0.2, 0.25) is 21.8 Å². The summed E-state index contributed by atoms with van der Waals surface area (Å²) in [6, 6.07) is 19.4. The highest BCUT2D eigenvalue weighted by Crippen LogP contribution is 2.30. The number of sulfonamides is 1. The van der Waals surface area contributed by atoms with E-state index >= 15 is 0 Å². The van der Waals surface area contributed by atoms with Gasteiger partial charge in [-0.2, -0.15) is 4.72 Å². The van der Waals surface area contributed by atoms with Crippen LogP contribution in [0.5, 0.6) is 0 Å². The molecule has 3 aromatic carbocycles. The van der Waals surface area contributed by atoms with E-state index in [1.165, 1.54) is 13.0 Å². The van der Waals surface area contributed by atoms with Crippen molar-refractivity contribution >= 4 is 44.8 Å². The summed E-state index contributed by atoms with van der Waals surface area (Å²) in [5.41, 5.74) is 2.77. The highest BCUT2D eigenvalue weighted by atomic mass is 35.5. The van der Waals surface area contributed by atoms with Crippen molar-refractivity contribution in [1.82, 2.24) is 4.72 Å². The molecule has 9 heteroatoms. The zero-order chi connectivity index (χ0) is 24.3. The number of halogens is 1. The molecule has 2 N–H and O–H groups in total. The molecule has 0 bridgehead atoms. The lowest BCUT2D eigenvalue weighted by molar-refractivity contribution is -0.118. The van der Waals surface area contributed by atoms with Crippen molar-refractivity contribution < 1.29 is 18.0 Å². The molecule has 3 aromatic rings. The normalized spacial score (nSPS) is 13.9. The predicted molar refractivity (Wildman–Crippen MR) is 133 cm³/mol. The molecular weight excluding hydrogens is 474 g/mol. The summed E-state index contributed by atoms with van der Waals surface area (Å²) < 4.78 is 29.1. The molecule has 1 aliphatic rings. The quantitative estimate of drug-likeness (QED) is 0.519. The minimum absolute atomic E-state index is 0.0465. The van der Waals surface area contributed by atoms with Crippen molar-refractivity contribution in [1.29, 1.82) is 0 Å². The minimum Gasteiger partial charge on any atom is -0.325 e. The van der Waals surface area contributed by atoms with Gasteiger partial charge in [-0.3, -0.25) is 9.59 Å². The summed E-state index contributed by atoms with van der Waals surface area (Å²) in [6.45, 7) is 1.99. The Morgan fingerprint density at radius 3 is 2.50 bits per heavy atom. The molecule has 1 aliphatic heterocycles. The number of fused-ring (bicyclic) bond motifs is 1. The molecule has 34 heavy (non-hydrogen) atoms. The summed E-state index contributed by atoms with van der Waals surface area (Å²) in [6.07, 6.45) is 0.733. The summed E-state index contributed by atoms with van der Waals surface area (Å²) >= 11 is 6.01. The fraction of sp³-hybridized carbons (Fsp3) is 0.200. The lowest BCUT2D eigenvalue weighted by Gasteiger charge is -2.20. The van der Waals surface area contributed by atoms with Crippen molar-refractivity contribution in [3.05, 3.63) is 88.9 Å². The first-order valence-electron chi connectivity index (χ1n) is 10.8. The third-order valence-corrected chi connectivity index (χ3v) is 7.33. The van der Waals surface area contributed by atoms with Crippen LogP contribution in [0.1, 0.15) is 18.1 Å². The molecule has 0 aliphatic carbocycles. The zero-order valence-corrected chi connectivity index (χ0v) is 20.1. The summed E-state index contributed by atoms with van der Waals surface area (Å²) in [5.74, 6) is -0.591. The van der Waals surface area contributed by atoms with Crippen LogP contribution in [-0.4, -0.2) is 32.8 Å². The molecule has 1 atom stereocenters. The number of rotatable bonds is 7. The van der Waals surface area contributed by atoms with Gasteiger partial charge in [-0.15, -0.1) is 0 Å². The maximum absolute atomic E-state index is 13.3. The second-order valence-electron chi connectivity index (χ2n) is 8.07. The highest BCUT2D eigenvalue weighted by molar-refractivity contribution is 7.89. The second kappa shape index (κ2) is 9.97. The van der Waals surface area contributed by atoms with E-state index in [1.54, 1.807) is 41.3 Å². The first-order chi connectivity index (χ1) is 16.2. The number of hydrogen-bond donors (Lipinski definition) is 2. The van der Waals surface area contributed by atoms with Gasteiger partial charge in [-0.25, -0.2) is 8.42 Å². The number of benzene rings is 3. The zero-order valence-electron chi connectivity index (χ0n) is 18.5. The molecule has 0 unspecified atom stereocenters. The van der Waals surface area contributed by atoms with Crippen LogP contribution >= 0.6 is 11.6 Å². The van der Waals surface area contributed by atoms with E-state index in [-0.39, 0.29) is 17.2 Å².